The Bertz CT molecular complexity index is 1020. The predicted octanol–water partition coefficient (Wildman–Crippen LogP) is 2.04. The van der Waals surface area contributed by atoms with E-state index in [1.807, 2.05) is 11.0 Å². The first kappa shape index (κ1) is 20.6. The van der Waals surface area contributed by atoms with Crippen molar-refractivity contribution in [3.63, 3.8) is 0 Å². The lowest BCUT2D eigenvalue weighted by Gasteiger charge is -2.58. The summed E-state index contributed by atoms with van der Waals surface area (Å²) in [6, 6.07) is 13.0. The highest BCUT2D eigenvalue weighted by atomic mass is 35.5. The number of halogens is 2. The fourth-order valence-corrected chi connectivity index (χ4v) is 5.33. The quantitative estimate of drug-likeness (QED) is 0.733. The number of rotatable bonds is 4. The molecule has 31 heavy (non-hydrogen) atoms. The molecule has 0 aliphatic carbocycles. The maximum Gasteiger partial charge on any atom is 0.252 e. The zero-order valence-corrected chi connectivity index (χ0v) is 17.6. The van der Waals surface area contributed by atoms with Crippen LogP contribution < -0.4 is 0 Å². The van der Waals surface area contributed by atoms with Gasteiger partial charge in [0.15, 0.2) is 0 Å². The summed E-state index contributed by atoms with van der Waals surface area (Å²) in [5.74, 6) is -0.766. The van der Waals surface area contributed by atoms with Crippen LogP contribution in [0.4, 0.5) is 4.39 Å². The first-order chi connectivity index (χ1) is 14.9. The third kappa shape index (κ3) is 3.55. The van der Waals surface area contributed by atoms with Crippen molar-refractivity contribution >= 4 is 23.4 Å². The average Bonchev–Trinajstić information content (AvgIpc) is 3.10. The van der Waals surface area contributed by atoms with E-state index in [9.17, 15) is 19.1 Å². The van der Waals surface area contributed by atoms with E-state index in [2.05, 4.69) is 4.90 Å². The number of benzene rings is 2. The van der Waals surface area contributed by atoms with Gasteiger partial charge in [0.25, 0.3) is 5.91 Å². The van der Waals surface area contributed by atoms with Gasteiger partial charge in [-0.2, -0.15) is 0 Å². The van der Waals surface area contributed by atoms with Crippen molar-refractivity contribution < 1.29 is 19.1 Å². The highest BCUT2D eigenvalue weighted by Crippen LogP contribution is 2.41. The van der Waals surface area contributed by atoms with Crippen molar-refractivity contribution in [1.29, 1.82) is 0 Å². The molecule has 3 heterocycles. The Morgan fingerprint density at radius 3 is 2.52 bits per heavy atom. The van der Waals surface area contributed by atoms with Gasteiger partial charge in [-0.25, -0.2) is 4.39 Å². The summed E-state index contributed by atoms with van der Waals surface area (Å²) in [6.45, 7) is 2.01. The number of β-amino-alcohol motifs (C(OH)–C–C–N with tert-alkyl or cyclic N) is 1. The molecule has 3 fully saturated rings. The number of imide groups is 1. The lowest BCUT2D eigenvalue weighted by molar-refractivity contribution is -0.181. The van der Waals surface area contributed by atoms with Crippen molar-refractivity contribution in [1.82, 2.24) is 14.7 Å². The zero-order chi connectivity index (χ0) is 21.8. The van der Waals surface area contributed by atoms with Crippen LogP contribution in [-0.4, -0.2) is 68.9 Å². The van der Waals surface area contributed by atoms with Crippen molar-refractivity contribution in [2.75, 3.05) is 19.6 Å². The number of fused-ring (bicyclic) bond motifs is 2. The van der Waals surface area contributed by atoms with Gasteiger partial charge in [0.1, 0.15) is 11.4 Å². The van der Waals surface area contributed by atoms with Crippen molar-refractivity contribution in [3.8, 4) is 0 Å². The lowest BCUT2D eigenvalue weighted by Crippen LogP contribution is -2.81. The fourth-order valence-electron chi connectivity index (χ4n) is 5.11. The topological polar surface area (TPSA) is 64.1 Å². The Hall–Kier alpha value is -2.32. The Morgan fingerprint density at radius 1 is 1.06 bits per heavy atom. The van der Waals surface area contributed by atoms with E-state index >= 15 is 0 Å². The van der Waals surface area contributed by atoms with E-state index in [1.54, 1.807) is 30.3 Å². The number of piperazine rings is 1. The second kappa shape index (κ2) is 7.67. The molecular formula is C23H23ClFN3O3. The van der Waals surface area contributed by atoms with Crippen LogP contribution in [0.15, 0.2) is 48.5 Å². The number of carbonyl (C=O) groups excluding carboxylic acids is 2. The van der Waals surface area contributed by atoms with Crippen LogP contribution in [0.2, 0.25) is 5.02 Å². The minimum absolute atomic E-state index is 0.165. The van der Waals surface area contributed by atoms with E-state index in [1.165, 1.54) is 17.0 Å². The second-order valence-electron chi connectivity index (χ2n) is 8.72. The van der Waals surface area contributed by atoms with Crippen molar-refractivity contribution in [2.45, 2.75) is 37.2 Å². The lowest BCUT2D eigenvalue weighted by atomic mass is 9.82. The minimum Gasteiger partial charge on any atom is -0.392 e. The van der Waals surface area contributed by atoms with Crippen molar-refractivity contribution in [3.05, 3.63) is 70.5 Å². The summed E-state index contributed by atoms with van der Waals surface area (Å²) >= 11 is 6.08. The summed E-state index contributed by atoms with van der Waals surface area (Å²) in [4.78, 5) is 32.1. The molecular weight excluding hydrogens is 421 g/mol. The van der Waals surface area contributed by atoms with Crippen LogP contribution in [0.1, 0.15) is 17.5 Å². The smallest absolute Gasteiger partial charge is 0.252 e. The molecule has 2 atom stereocenters. The molecule has 1 spiro atoms. The molecule has 0 aromatic heterocycles. The first-order valence-corrected chi connectivity index (χ1v) is 10.8. The van der Waals surface area contributed by atoms with Gasteiger partial charge in [0, 0.05) is 31.2 Å². The number of likely N-dealkylation sites (tertiary alicyclic amines) is 1. The maximum atomic E-state index is 13.6. The summed E-state index contributed by atoms with van der Waals surface area (Å²) in [5, 5.41) is 10.8. The van der Waals surface area contributed by atoms with Crippen LogP contribution in [0.5, 0.6) is 0 Å². The molecule has 2 amide bonds. The molecule has 3 aliphatic heterocycles. The molecule has 2 aromatic carbocycles. The Morgan fingerprint density at radius 2 is 1.81 bits per heavy atom. The summed E-state index contributed by atoms with van der Waals surface area (Å²) < 4.78 is 13.2. The number of aliphatic hydroxyl groups is 1. The Kier molecular flexibility index (Phi) is 5.09. The van der Waals surface area contributed by atoms with Gasteiger partial charge in [-0.05, 0) is 41.8 Å². The molecule has 8 heteroatoms. The number of carbonyl (C=O) groups is 2. The molecule has 0 bridgehead atoms. The second-order valence-corrected chi connectivity index (χ2v) is 9.16. The monoisotopic (exact) mass is 443 g/mol. The van der Waals surface area contributed by atoms with Gasteiger partial charge in [-0.3, -0.25) is 24.3 Å². The number of amides is 2. The molecule has 3 saturated heterocycles. The standard InChI is InChI=1S/C23H23ClFN3O3/c24-17-3-1-2-16(8-17)11-27-21(30)20-9-19(29)12-28(20)23(22(27)31)13-26(14-23)10-15-4-6-18(25)7-5-15/h1-8,19-20,29H,9-14H2/t19-,20+/m1/s1. The first-order valence-electron chi connectivity index (χ1n) is 10.4. The van der Waals surface area contributed by atoms with Crippen molar-refractivity contribution in [2.24, 2.45) is 0 Å². The number of nitrogens with zero attached hydrogens (tertiary/aromatic N) is 3. The molecule has 0 saturated carbocycles. The van der Waals surface area contributed by atoms with E-state index in [0.717, 1.165) is 11.1 Å². The van der Waals surface area contributed by atoms with Gasteiger partial charge >= 0.3 is 0 Å². The molecule has 162 valence electrons. The van der Waals surface area contributed by atoms with Crippen LogP contribution in [0.25, 0.3) is 0 Å². The van der Waals surface area contributed by atoms with E-state index in [0.29, 0.717) is 37.6 Å². The Labute approximate surface area is 184 Å². The molecule has 6 nitrogen and oxygen atoms in total. The number of hydrogen-bond donors (Lipinski definition) is 1. The minimum atomic E-state index is -0.825. The van der Waals surface area contributed by atoms with Crippen LogP contribution in [0.3, 0.4) is 0 Å². The van der Waals surface area contributed by atoms with Gasteiger partial charge in [-0.1, -0.05) is 35.9 Å². The molecule has 5 rings (SSSR count). The average molecular weight is 444 g/mol. The number of hydrogen-bond acceptors (Lipinski definition) is 5. The van der Waals surface area contributed by atoms with Gasteiger partial charge in [0.2, 0.25) is 5.91 Å². The normalized spacial score (nSPS) is 25.7. The molecule has 3 aliphatic rings. The van der Waals surface area contributed by atoms with Gasteiger partial charge in [-0.15, -0.1) is 0 Å². The Balaban J connectivity index is 1.39. The van der Waals surface area contributed by atoms with Crippen LogP contribution in [0, 0.1) is 5.82 Å². The predicted molar refractivity (Wildman–Crippen MR) is 113 cm³/mol. The SMILES string of the molecule is O=C1[C@@H]2C[C@@H](O)CN2C2(CN(Cc3ccc(F)cc3)C2)C(=O)N1Cc1cccc(Cl)c1. The number of aliphatic hydroxyl groups excluding tert-OH is 1. The van der Waals surface area contributed by atoms with E-state index in [4.69, 9.17) is 11.6 Å². The highest BCUT2D eigenvalue weighted by Gasteiger charge is 2.64. The molecule has 1 N–H and O–H groups in total. The largest absolute Gasteiger partial charge is 0.392 e. The van der Waals surface area contributed by atoms with Gasteiger partial charge in [0.05, 0.1) is 18.7 Å². The summed E-state index contributed by atoms with van der Waals surface area (Å²) in [5.41, 5.74) is 0.928. The van der Waals surface area contributed by atoms with Gasteiger partial charge < -0.3 is 5.11 Å². The zero-order valence-electron chi connectivity index (χ0n) is 16.9. The maximum absolute atomic E-state index is 13.6. The molecule has 0 radical (unpaired) electrons. The van der Waals surface area contributed by atoms with Crippen LogP contribution >= 0.6 is 11.6 Å². The fraction of sp³-hybridized carbons (Fsp3) is 0.391. The summed E-state index contributed by atoms with van der Waals surface area (Å²) in [6.07, 6.45) is -0.298. The third-order valence-corrected chi connectivity index (χ3v) is 6.78. The van der Waals surface area contributed by atoms with Crippen LogP contribution in [-0.2, 0) is 22.7 Å². The molecule has 0 unspecified atom stereocenters. The van der Waals surface area contributed by atoms with E-state index < -0.39 is 17.7 Å². The summed E-state index contributed by atoms with van der Waals surface area (Å²) in [7, 11) is 0. The highest BCUT2D eigenvalue weighted by molar-refractivity contribution is 6.30. The third-order valence-electron chi connectivity index (χ3n) is 6.54. The molecule has 2 aromatic rings. The van der Waals surface area contributed by atoms with E-state index in [-0.39, 0.29) is 24.2 Å².